The van der Waals surface area contributed by atoms with Crippen molar-refractivity contribution in [3.63, 3.8) is 0 Å². The first-order chi connectivity index (χ1) is 17.2. The number of aliphatic hydroxyl groups is 2. The number of ether oxygens (including phenoxy) is 1. The maximum Gasteiger partial charge on any atom is 0.155 e. The Morgan fingerprint density at radius 2 is 1.58 bits per heavy atom. The van der Waals surface area contributed by atoms with Gasteiger partial charge in [-0.3, -0.25) is 0 Å². The first-order valence-corrected chi connectivity index (χ1v) is 16.2. The topological polar surface area (TPSA) is 49.7 Å². The second kappa shape index (κ2) is 9.51. The van der Waals surface area contributed by atoms with Gasteiger partial charge in [0.15, 0.2) is 6.29 Å². The fourth-order valence-corrected chi connectivity index (χ4v) is 12.2. The highest BCUT2D eigenvalue weighted by molar-refractivity contribution is 5.10. The Morgan fingerprint density at radius 1 is 0.833 bits per heavy atom. The molecule has 6 rings (SSSR count). The fourth-order valence-electron chi connectivity index (χ4n) is 12.2. The third-order valence-corrected chi connectivity index (χ3v) is 14.2. The van der Waals surface area contributed by atoms with Gasteiger partial charge < -0.3 is 14.9 Å². The van der Waals surface area contributed by atoms with E-state index >= 15 is 0 Å². The van der Waals surface area contributed by atoms with Gasteiger partial charge >= 0.3 is 0 Å². The average molecular weight is 501 g/mol. The molecule has 2 bridgehead atoms. The Balaban J connectivity index is 1.07. The minimum Gasteiger partial charge on any atom is -0.393 e. The molecule has 1 unspecified atom stereocenters. The van der Waals surface area contributed by atoms with Gasteiger partial charge in [0.05, 0.1) is 11.7 Å². The van der Waals surface area contributed by atoms with Crippen molar-refractivity contribution in [2.24, 2.45) is 58.2 Å². The summed E-state index contributed by atoms with van der Waals surface area (Å²) in [4.78, 5) is 0. The number of fused-ring (bicyclic) bond motifs is 7. The monoisotopic (exact) mass is 500 g/mol. The van der Waals surface area contributed by atoms with E-state index in [9.17, 15) is 10.2 Å². The van der Waals surface area contributed by atoms with Gasteiger partial charge in [-0.2, -0.15) is 0 Å². The summed E-state index contributed by atoms with van der Waals surface area (Å²) in [7, 11) is 0. The van der Waals surface area contributed by atoms with Crippen LogP contribution in [0.1, 0.15) is 130 Å². The number of hydrogen-bond acceptors (Lipinski definition) is 3. The molecule has 0 aromatic rings. The molecule has 0 heterocycles. The molecule has 0 aromatic carbocycles. The van der Waals surface area contributed by atoms with Gasteiger partial charge in [-0.1, -0.05) is 27.7 Å². The summed E-state index contributed by atoms with van der Waals surface area (Å²) in [5.74, 6) is 6.46. The molecule has 6 fully saturated rings. The molecule has 6 saturated carbocycles. The van der Waals surface area contributed by atoms with Crippen molar-refractivity contribution >= 4 is 0 Å². The van der Waals surface area contributed by atoms with Gasteiger partial charge in [0, 0.05) is 0 Å². The first-order valence-electron chi connectivity index (χ1n) is 16.2. The SMILES string of the molecule is CC[C@]1(OC(O)CC[C@@H](C)[C@H]2CC[C@H]3[C@@H]4CC[C@@H]5C[C@H](O)CC[C@]5(C)[C@H]4CC[C@]23C)C[C@@H]2CC[C@H]1C2. The van der Waals surface area contributed by atoms with Crippen LogP contribution in [0, 0.1) is 58.2 Å². The second-order valence-electron chi connectivity index (χ2n) is 15.4. The van der Waals surface area contributed by atoms with E-state index < -0.39 is 6.29 Å². The molecular weight excluding hydrogens is 444 g/mol. The molecule has 0 saturated heterocycles. The highest BCUT2D eigenvalue weighted by Gasteiger charge is 2.60. The van der Waals surface area contributed by atoms with E-state index in [0.29, 0.717) is 22.7 Å². The maximum atomic E-state index is 11.0. The molecule has 6 aliphatic rings. The van der Waals surface area contributed by atoms with Crippen LogP contribution in [0.2, 0.25) is 0 Å². The number of hydrogen-bond donors (Lipinski definition) is 2. The summed E-state index contributed by atoms with van der Waals surface area (Å²) in [5.41, 5.74) is 0.932. The van der Waals surface area contributed by atoms with E-state index in [-0.39, 0.29) is 11.7 Å². The molecule has 0 aliphatic heterocycles. The molecule has 3 nitrogen and oxygen atoms in total. The van der Waals surface area contributed by atoms with Crippen LogP contribution in [0.5, 0.6) is 0 Å². The lowest BCUT2D eigenvalue weighted by Crippen LogP contribution is -2.54. The molecule has 2 N–H and O–H groups in total. The Kier molecular flexibility index (Phi) is 6.90. The van der Waals surface area contributed by atoms with Crippen molar-refractivity contribution in [1.82, 2.24) is 0 Å². The lowest BCUT2D eigenvalue weighted by molar-refractivity contribution is -0.209. The average Bonchev–Trinajstić information content (AvgIpc) is 3.56. The highest BCUT2D eigenvalue weighted by Crippen LogP contribution is 2.68. The van der Waals surface area contributed by atoms with E-state index in [1.165, 1.54) is 70.6 Å². The van der Waals surface area contributed by atoms with Gasteiger partial charge in [-0.05, 0) is 161 Å². The molecule has 36 heavy (non-hydrogen) atoms. The Morgan fingerprint density at radius 3 is 2.31 bits per heavy atom. The summed E-state index contributed by atoms with van der Waals surface area (Å²) >= 11 is 0. The van der Waals surface area contributed by atoms with Gasteiger partial charge in [0.25, 0.3) is 0 Å². The van der Waals surface area contributed by atoms with E-state index in [1.54, 1.807) is 0 Å². The third kappa shape index (κ3) is 4.07. The maximum absolute atomic E-state index is 11.0. The minimum absolute atomic E-state index is 0.0293. The van der Waals surface area contributed by atoms with Crippen LogP contribution < -0.4 is 0 Å². The predicted molar refractivity (Wildman–Crippen MR) is 145 cm³/mol. The van der Waals surface area contributed by atoms with Crippen LogP contribution >= 0.6 is 0 Å². The minimum atomic E-state index is -0.579. The van der Waals surface area contributed by atoms with Crippen LogP contribution in [0.15, 0.2) is 0 Å². The van der Waals surface area contributed by atoms with Gasteiger partial charge in [0.1, 0.15) is 0 Å². The smallest absolute Gasteiger partial charge is 0.155 e. The van der Waals surface area contributed by atoms with Crippen LogP contribution in [0.4, 0.5) is 0 Å². The van der Waals surface area contributed by atoms with Gasteiger partial charge in [-0.15, -0.1) is 0 Å². The van der Waals surface area contributed by atoms with Crippen LogP contribution in [-0.2, 0) is 4.74 Å². The van der Waals surface area contributed by atoms with E-state index in [0.717, 1.165) is 67.6 Å². The zero-order valence-corrected chi connectivity index (χ0v) is 23.9. The van der Waals surface area contributed by atoms with Crippen LogP contribution in [0.25, 0.3) is 0 Å². The van der Waals surface area contributed by atoms with Gasteiger partial charge in [-0.25, -0.2) is 0 Å². The summed E-state index contributed by atoms with van der Waals surface area (Å²) < 4.78 is 6.50. The third-order valence-electron chi connectivity index (χ3n) is 14.2. The standard InChI is InChI=1S/C33H56O3/c1-5-33(20-22-7-8-24(33)18-22)36-30(35)13-6-21(2)27-11-12-28-26-10-9-23-19-25(34)14-16-31(23,3)29(26)15-17-32(27,28)4/h21-30,34-35H,5-20H2,1-4H3/t21-,22-,23-,24+,25-,26+,27-,28+,29+,30?,31+,32-,33+/m1/s1. The van der Waals surface area contributed by atoms with Crippen molar-refractivity contribution in [3.8, 4) is 0 Å². The molecular formula is C33H56O3. The van der Waals surface area contributed by atoms with Crippen LogP contribution in [-0.4, -0.2) is 28.2 Å². The Labute approximate surface area is 221 Å². The number of rotatable bonds is 7. The number of aliphatic hydroxyl groups excluding tert-OH is 2. The van der Waals surface area contributed by atoms with Crippen molar-refractivity contribution < 1.29 is 14.9 Å². The highest BCUT2D eigenvalue weighted by atomic mass is 16.6. The molecule has 0 spiro atoms. The van der Waals surface area contributed by atoms with Crippen molar-refractivity contribution in [2.75, 3.05) is 0 Å². The molecule has 206 valence electrons. The first kappa shape index (κ1) is 26.1. The van der Waals surface area contributed by atoms with E-state index in [1.807, 2.05) is 0 Å². The van der Waals surface area contributed by atoms with Crippen molar-refractivity contribution in [3.05, 3.63) is 0 Å². The van der Waals surface area contributed by atoms with Crippen molar-refractivity contribution in [1.29, 1.82) is 0 Å². The normalized spacial score (nSPS) is 53.5. The molecule has 13 atom stereocenters. The molecule has 3 heteroatoms. The summed E-state index contributed by atoms with van der Waals surface area (Å²) in [5, 5.41) is 21.3. The lowest BCUT2D eigenvalue weighted by atomic mass is 9.44. The summed E-state index contributed by atoms with van der Waals surface area (Å²) in [6.45, 7) is 10.0. The largest absolute Gasteiger partial charge is 0.393 e. The Hall–Kier alpha value is -0.120. The molecule has 6 aliphatic carbocycles. The van der Waals surface area contributed by atoms with E-state index in [2.05, 4.69) is 27.7 Å². The molecule has 0 amide bonds. The fraction of sp³-hybridized carbons (Fsp3) is 1.00. The second-order valence-corrected chi connectivity index (χ2v) is 15.4. The van der Waals surface area contributed by atoms with E-state index in [4.69, 9.17) is 4.74 Å². The summed E-state index contributed by atoms with van der Waals surface area (Å²) in [6, 6.07) is 0. The Bertz CT molecular complexity index is 798. The predicted octanol–water partition coefficient (Wildman–Crippen LogP) is 7.73. The lowest BCUT2D eigenvalue weighted by Gasteiger charge is -2.61. The van der Waals surface area contributed by atoms with Crippen LogP contribution in [0.3, 0.4) is 0 Å². The zero-order valence-electron chi connectivity index (χ0n) is 23.9. The molecule has 0 radical (unpaired) electrons. The molecule has 0 aromatic heterocycles. The zero-order chi connectivity index (χ0) is 25.3. The summed E-state index contributed by atoms with van der Waals surface area (Å²) in [6.07, 6.45) is 19.3. The quantitative estimate of drug-likeness (QED) is 0.352. The van der Waals surface area contributed by atoms with Crippen molar-refractivity contribution in [2.45, 2.75) is 148 Å². The van der Waals surface area contributed by atoms with Gasteiger partial charge in [0.2, 0.25) is 0 Å².